The molecule has 1 heterocycles. The lowest BCUT2D eigenvalue weighted by Crippen LogP contribution is -1.94. The van der Waals surface area contributed by atoms with Crippen LogP contribution in [0, 0.1) is 30.3 Å². The van der Waals surface area contributed by atoms with E-state index in [1.54, 1.807) is 0 Å². The second-order valence-electron chi connectivity index (χ2n) is 3.59. The van der Waals surface area contributed by atoms with E-state index in [-0.39, 0.29) is 16.8 Å². The molecule has 1 aromatic heterocycles. The second-order valence-corrected chi connectivity index (χ2v) is 3.59. The molecular formula is C9H5N5O6. The zero-order chi connectivity index (χ0) is 14.9. The summed E-state index contributed by atoms with van der Waals surface area (Å²) < 4.78 is 0. The molecule has 2 aromatic rings. The van der Waals surface area contributed by atoms with Crippen molar-refractivity contribution in [2.24, 2.45) is 0 Å². The summed E-state index contributed by atoms with van der Waals surface area (Å²) in [6.07, 6.45) is 0. The van der Waals surface area contributed by atoms with Crippen LogP contribution in [-0.4, -0.2) is 25.0 Å². The Morgan fingerprint density at radius 1 is 0.900 bits per heavy atom. The average Bonchev–Trinajstić information content (AvgIpc) is 2.83. The molecule has 1 aromatic carbocycles. The molecule has 0 aliphatic carbocycles. The highest BCUT2D eigenvalue weighted by atomic mass is 16.6. The van der Waals surface area contributed by atoms with Gasteiger partial charge in [-0.15, -0.1) is 0 Å². The number of hydrogen-bond acceptors (Lipinski definition) is 7. The molecule has 0 aliphatic rings. The van der Waals surface area contributed by atoms with Gasteiger partial charge >= 0.3 is 11.6 Å². The van der Waals surface area contributed by atoms with Gasteiger partial charge in [-0.05, 0) is 32.6 Å². The third-order valence-electron chi connectivity index (χ3n) is 2.45. The highest BCUT2D eigenvalue weighted by Gasteiger charge is 2.32. The Kier molecular flexibility index (Phi) is 3.08. The van der Waals surface area contributed by atoms with Crippen molar-refractivity contribution in [3.63, 3.8) is 0 Å². The SMILES string of the molecule is O=[N+]([O-])c1ccc(-c2c([N+](=O)[O-])n[nH]c2[N+](=O)[O-])cc1. The number of aromatic nitrogens is 2. The van der Waals surface area contributed by atoms with Crippen LogP contribution in [0.3, 0.4) is 0 Å². The number of aromatic amines is 1. The minimum Gasteiger partial charge on any atom is -0.358 e. The molecule has 0 radical (unpaired) electrons. The van der Waals surface area contributed by atoms with Crippen molar-refractivity contribution in [2.75, 3.05) is 0 Å². The van der Waals surface area contributed by atoms with E-state index in [1.165, 1.54) is 12.1 Å². The maximum absolute atomic E-state index is 10.8. The van der Waals surface area contributed by atoms with Crippen LogP contribution in [0.5, 0.6) is 0 Å². The Balaban J connectivity index is 2.61. The van der Waals surface area contributed by atoms with Crippen molar-refractivity contribution in [3.8, 4) is 11.1 Å². The van der Waals surface area contributed by atoms with Gasteiger partial charge in [0.15, 0.2) is 5.56 Å². The number of benzene rings is 1. The van der Waals surface area contributed by atoms with Crippen LogP contribution in [0.4, 0.5) is 17.3 Å². The molecule has 102 valence electrons. The van der Waals surface area contributed by atoms with Crippen LogP contribution in [0.15, 0.2) is 24.3 Å². The molecule has 20 heavy (non-hydrogen) atoms. The molecule has 0 unspecified atom stereocenters. The van der Waals surface area contributed by atoms with E-state index in [2.05, 4.69) is 5.10 Å². The zero-order valence-electron chi connectivity index (χ0n) is 9.55. The topological polar surface area (TPSA) is 158 Å². The standard InChI is InChI=1S/C9H5N5O6/c15-12(16)6-3-1-5(2-4-6)7-8(13(17)18)10-11-9(7)14(19)20/h1-4H,(H,10,11). The molecule has 2 rings (SSSR count). The summed E-state index contributed by atoms with van der Waals surface area (Å²) in [6.45, 7) is 0. The zero-order valence-corrected chi connectivity index (χ0v) is 9.55. The highest BCUT2D eigenvalue weighted by Crippen LogP contribution is 2.36. The summed E-state index contributed by atoms with van der Waals surface area (Å²) in [4.78, 5) is 29.8. The van der Waals surface area contributed by atoms with Gasteiger partial charge in [0.1, 0.15) is 5.10 Å². The summed E-state index contributed by atoms with van der Waals surface area (Å²) in [5, 5.41) is 37.4. The van der Waals surface area contributed by atoms with Gasteiger partial charge in [0.05, 0.1) is 4.92 Å². The van der Waals surface area contributed by atoms with E-state index < -0.39 is 26.4 Å². The van der Waals surface area contributed by atoms with Gasteiger partial charge < -0.3 is 20.2 Å². The molecule has 0 fully saturated rings. The van der Waals surface area contributed by atoms with Gasteiger partial charge in [0, 0.05) is 12.1 Å². The summed E-state index contributed by atoms with van der Waals surface area (Å²) in [6, 6.07) is 4.55. The lowest BCUT2D eigenvalue weighted by atomic mass is 10.1. The maximum atomic E-state index is 10.8. The Morgan fingerprint density at radius 3 is 1.95 bits per heavy atom. The van der Waals surface area contributed by atoms with Gasteiger partial charge in [-0.3, -0.25) is 10.1 Å². The van der Waals surface area contributed by atoms with E-state index >= 15 is 0 Å². The fraction of sp³-hybridized carbons (Fsp3) is 0. The molecule has 0 atom stereocenters. The number of rotatable bonds is 4. The number of non-ortho nitro benzene ring substituents is 1. The first-order valence-electron chi connectivity index (χ1n) is 5.03. The van der Waals surface area contributed by atoms with E-state index in [0.717, 1.165) is 12.1 Å². The Bertz CT molecular complexity index is 675. The van der Waals surface area contributed by atoms with E-state index in [0.29, 0.717) is 0 Å². The molecule has 11 nitrogen and oxygen atoms in total. The predicted octanol–water partition coefficient (Wildman–Crippen LogP) is 1.80. The lowest BCUT2D eigenvalue weighted by Gasteiger charge is -1.98. The van der Waals surface area contributed by atoms with Crippen LogP contribution < -0.4 is 0 Å². The van der Waals surface area contributed by atoms with Crippen LogP contribution in [0.2, 0.25) is 0 Å². The third-order valence-corrected chi connectivity index (χ3v) is 2.45. The fourth-order valence-corrected chi connectivity index (χ4v) is 1.60. The number of nitrogens with one attached hydrogen (secondary N) is 1. The first kappa shape index (κ1) is 13.1. The number of hydrogen-bond donors (Lipinski definition) is 1. The number of H-pyrrole nitrogens is 1. The number of nitro groups is 3. The summed E-state index contributed by atoms with van der Waals surface area (Å²) in [7, 11) is 0. The largest absolute Gasteiger partial charge is 0.428 e. The van der Waals surface area contributed by atoms with Crippen molar-refractivity contribution in [3.05, 3.63) is 54.6 Å². The van der Waals surface area contributed by atoms with E-state index in [9.17, 15) is 30.3 Å². The van der Waals surface area contributed by atoms with Gasteiger partial charge in [0.25, 0.3) is 5.69 Å². The molecule has 11 heteroatoms. The molecule has 0 amide bonds. The van der Waals surface area contributed by atoms with Gasteiger partial charge in [-0.2, -0.15) is 0 Å². The Morgan fingerprint density at radius 2 is 1.50 bits per heavy atom. The maximum Gasteiger partial charge on any atom is 0.428 e. The van der Waals surface area contributed by atoms with Crippen LogP contribution in [0.1, 0.15) is 0 Å². The third kappa shape index (κ3) is 2.14. The van der Waals surface area contributed by atoms with Crippen molar-refractivity contribution >= 4 is 17.3 Å². The quantitative estimate of drug-likeness (QED) is 0.659. The molecule has 0 spiro atoms. The molecule has 1 N–H and O–H groups in total. The predicted molar refractivity (Wildman–Crippen MR) is 64.0 cm³/mol. The highest BCUT2D eigenvalue weighted by molar-refractivity contribution is 5.79. The van der Waals surface area contributed by atoms with Crippen molar-refractivity contribution in [2.45, 2.75) is 0 Å². The van der Waals surface area contributed by atoms with E-state index in [4.69, 9.17) is 0 Å². The molecule has 0 aliphatic heterocycles. The lowest BCUT2D eigenvalue weighted by molar-refractivity contribution is -0.392. The fourth-order valence-electron chi connectivity index (χ4n) is 1.60. The Hall–Kier alpha value is -3.37. The van der Waals surface area contributed by atoms with E-state index in [1.807, 2.05) is 5.10 Å². The first-order chi connectivity index (χ1) is 9.41. The first-order valence-corrected chi connectivity index (χ1v) is 5.03. The average molecular weight is 279 g/mol. The second kappa shape index (κ2) is 4.72. The number of nitrogens with zero attached hydrogens (tertiary/aromatic N) is 4. The van der Waals surface area contributed by atoms with Gasteiger partial charge in [-0.25, -0.2) is 0 Å². The van der Waals surface area contributed by atoms with Crippen LogP contribution >= 0.6 is 0 Å². The monoisotopic (exact) mass is 279 g/mol. The molecule has 0 saturated carbocycles. The van der Waals surface area contributed by atoms with Crippen molar-refractivity contribution < 1.29 is 14.8 Å². The van der Waals surface area contributed by atoms with Crippen molar-refractivity contribution in [1.82, 2.24) is 10.2 Å². The minimum absolute atomic E-state index is 0.0859. The molecule has 0 bridgehead atoms. The van der Waals surface area contributed by atoms with Gasteiger partial charge in [0.2, 0.25) is 0 Å². The summed E-state index contributed by atoms with van der Waals surface area (Å²) >= 11 is 0. The summed E-state index contributed by atoms with van der Waals surface area (Å²) in [5.74, 6) is -1.36. The summed E-state index contributed by atoms with van der Waals surface area (Å²) in [5.41, 5.74) is -0.472. The van der Waals surface area contributed by atoms with Crippen molar-refractivity contribution in [1.29, 1.82) is 0 Å². The Labute approximate surface area is 109 Å². The number of nitro benzene ring substituents is 1. The smallest absolute Gasteiger partial charge is 0.358 e. The molecular weight excluding hydrogens is 274 g/mol. The minimum atomic E-state index is -0.875. The van der Waals surface area contributed by atoms with Crippen LogP contribution in [-0.2, 0) is 0 Å². The van der Waals surface area contributed by atoms with Gasteiger partial charge in [-0.1, -0.05) is 0 Å². The molecule has 0 saturated heterocycles. The normalized spacial score (nSPS) is 10.2. The van der Waals surface area contributed by atoms with Crippen LogP contribution in [0.25, 0.3) is 11.1 Å².